The van der Waals surface area contributed by atoms with Gasteiger partial charge in [-0.05, 0) is 18.6 Å². The minimum absolute atomic E-state index is 0.619. The standard InChI is InChI=1S/C12H17N3S/c1-3-4-11-10(8-15(2)14-11)12-6-5-9(7-13)16-12/h5-6,8H,3-4,7,13H2,1-2H3. The zero-order chi connectivity index (χ0) is 11.5. The topological polar surface area (TPSA) is 43.8 Å². The van der Waals surface area contributed by atoms with E-state index < -0.39 is 0 Å². The van der Waals surface area contributed by atoms with Gasteiger partial charge in [0.2, 0.25) is 0 Å². The molecule has 0 unspecified atom stereocenters. The summed E-state index contributed by atoms with van der Waals surface area (Å²) in [6.07, 6.45) is 4.25. The third kappa shape index (κ3) is 2.18. The fourth-order valence-corrected chi connectivity index (χ4v) is 2.71. The predicted octanol–water partition coefficient (Wildman–Crippen LogP) is 2.56. The van der Waals surface area contributed by atoms with Gasteiger partial charge in [0, 0.05) is 35.1 Å². The van der Waals surface area contributed by atoms with E-state index in [-0.39, 0.29) is 0 Å². The highest BCUT2D eigenvalue weighted by atomic mass is 32.1. The van der Waals surface area contributed by atoms with Crippen molar-refractivity contribution < 1.29 is 0 Å². The third-order valence-corrected chi connectivity index (χ3v) is 3.66. The maximum absolute atomic E-state index is 5.63. The van der Waals surface area contributed by atoms with Gasteiger partial charge in [-0.15, -0.1) is 11.3 Å². The minimum atomic E-state index is 0.619. The van der Waals surface area contributed by atoms with Crippen molar-refractivity contribution in [3.8, 4) is 10.4 Å². The largest absolute Gasteiger partial charge is 0.326 e. The molecule has 0 aliphatic heterocycles. The van der Waals surface area contributed by atoms with E-state index in [0.717, 1.165) is 12.8 Å². The van der Waals surface area contributed by atoms with Crippen LogP contribution in [0.5, 0.6) is 0 Å². The van der Waals surface area contributed by atoms with Crippen molar-refractivity contribution in [2.75, 3.05) is 0 Å². The Balaban J connectivity index is 2.37. The Morgan fingerprint density at radius 1 is 1.44 bits per heavy atom. The molecule has 0 bridgehead atoms. The summed E-state index contributed by atoms with van der Waals surface area (Å²) in [4.78, 5) is 2.50. The lowest BCUT2D eigenvalue weighted by atomic mass is 10.1. The smallest absolute Gasteiger partial charge is 0.0710 e. The lowest BCUT2D eigenvalue weighted by molar-refractivity contribution is 0.733. The number of hydrogen-bond acceptors (Lipinski definition) is 3. The molecule has 0 atom stereocenters. The highest BCUT2D eigenvalue weighted by Crippen LogP contribution is 2.30. The van der Waals surface area contributed by atoms with Crippen LogP contribution < -0.4 is 5.73 Å². The average molecular weight is 235 g/mol. The van der Waals surface area contributed by atoms with Crippen molar-refractivity contribution in [2.24, 2.45) is 12.8 Å². The van der Waals surface area contributed by atoms with Gasteiger partial charge in [0.1, 0.15) is 0 Å². The lowest BCUT2D eigenvalue weighted by Gasteiger charge is -1.96. The van der Waals surface area contributed by atoms with E-state index in [1.165, 1.54) is 21.0 Å². The van der Waals surface area contributed by atoms with Gasteiger partial charge in [-0.25, -0.2) is 0 Å². The number of hydrogen-bond donors (Lipinski definition) is 1. The Morgan fingerprint density at radius 2 is 2.25 bits per heavy atom. The summed E-state index contributed by atoms with van der Waals surface area (Å²) >= 11 is 1.76. The highest BCUT2D eigenvalue weighted by Gasteiger charge is 2.10. The number of rotatable bonds is 4. The first-order valence-corrected chi connectivity index (χ1v) is 6.38. The van der Waals surface area contributed by atoms with Crippen LogP contribution in [0.4, 0.5) is 0 Å². The number of aryl methyl sites for hydroxylation is 2. The number of nitrogens with two attached hydrogens (primary N) is 1. The van der Waals surface area contributed by atoms with Crippen LogP contribution >= 0.6 is 11.3 Å². The van der Waals surface area contributed by atoms with E-state index in [0.29, 0.717) is 6.54 Å². The minimum Gasteiger partial charge on any atom is -0.326 e. The number of aromatic nitrogens is 2. The second kappa shape index (κ2) is 4.80. The summed E-state index contributed by atoms with van der Waals surface area (Å²) in [6.45, 7) is 2.80. The molecule has 86 valence electrons. The van der Waals surface area contributed by atoms with Crippen LogP contribution in [0.15, 0.2) is 18.3 Å². The van der Waals surface area contributed by atoms with Crippen LogP contribution in [0.3, 0.4) is 0 Å². The zero-order valence-corrected chi connectivity index (χ0v) is 10.5. The van der Waals surface area contributed by atoms with E-state index in [1.54, 1.807) is 11.3 Å². The van der Waals surface area contributed by atoms with Crippen LogP contribution in [-0.2, 0) is 20.0 Å². The molecule has 0 aliphatic carbocycles. The molecule has 0 spiro atoms. The highest BCUT2D eigenvalue weighted by molar-refractivity contribution is 7.15. The van der Waals surface area contributed by atoms with Gasteiger partial charge in [0.05, 0.1) is 5.69 Å². The van der Waals surface area contributed by atoms with Crippen molar-refractivity contribution in [1.82, 2.24) is 9.78 Å². The van der Waals surface area contributed by atoms with Crippen molar-refractivity contribution in [3.63, 3.8) is 0 Å². The van der Waals surface area contributed by atoms with Gasteiger partial charge in [0.25, 0.3) is 0 Å². The Hall–Kier alpha value is -1.13. The average Bonchev–Trinajstić information content (AvgIpc) is 2.85. The van der Waals surface area contributed by atoms with E-state index in [9.17, 15) is 0 Å². The van der Waals surface area contributed by atoms with Crippen LogP contribution in [0.1, 0.15) is 23.9 Å². The number of nitrogens with zero attached hydrogens (tertiary/aromatic N) is 2. The Labute approximate surface area is 99.9 Å². The van der Waals surface area contributed by atoms with E-state index in [1.807, 2.05) is 11.7 Å². The monoisotopic (exact) mass is 235 g/mol. The molecule has 3 nitrogen and oxygen atoms in total. The fraction of sp³-hybridized carbons (Fsp3) is 0.417. The molecule has 0 fully saturated rings. The van der Waals surface area contributed by atoms with Crippen LogP contribution in [0, 0.1) is 0 Å². The van der Waals surface area contributed by atoms with Crippen molar-refractivity contribution in [3.05, 3.63) is 28.9 Å². The van der Waals surface area contributed by atoms with E-state index in [2.05, 4.69) is 30.4 Å². The van der Waals surface area contributed by atoms with Gasteiger partial charge in [0.15, 0.2) is 0 Å². The molecule has 0 aromatic carbocycles. The molecule has 0 amide bonds. The predicted molar refractivity (Wildman–Crippen MR) is 68.4 cm³/mol. The Morgan fingerprint density at radius 3 is 2.88 bits per heavy atom. The van der Waals surface area contributed by atoms with Crippen LogP contribution in [0.25, 0.3) is 10.4 Å². The second-order valence-electron chi connectivity index (χ2n) is 3.88. The fourth-order valence-electron chi connectivity index (χ4n) is 1.79. The Bertz CT molecular complexity index is 470. The molecule has 16 heavy (non-hydrogen) atoms. The molecular formula is C12H17N3S. The quantitative estimate of drug-likeness (QED) is 0.885. The summed E-state index contributed by atoms with van der Waals surface area (Å²) in [5, 5.41) is 4.50. The summed E-state index contributed by atoms with van der Waals surface area (Å²) in [7, 11) is 1.97. The second-order valence-corrected chi connectivity index (χ2v) is 5.05. The maximum Gasteiger partial charge on any atom is 0.0710 e. The molecule has 2 aromatic rings. The molecule has 0 radical (unpaired) electrons. The first kappa shape index (κ1) is 11.4. The molecule has 0 aliphatic rings. The normalized spacial score (nSPS) is 10.9. The number of thiophene rings is 1. The molecule has 0 saturated carbocycles. The molecule has 4 heteroatoms. The summed E-state index contributed by atoms with van der Waals surface area (Å²) < 4.78 is 1.89. The van der Waals surface area contributed by atoms with Crippen LogP contribution in [-0.4, -0.2) is 9.78 Å². The molecular weight excluding hydrogens is 218 g/mol. The van der Waals surface area contributed by atoms with E-state index in [4.69, 9.17) is 5.73 Å². The van der Waals surface area contributed by atoms with E-state index >= 15 is 0 Å². The van der Waals surface area contributed by atoms with Crippen molar-refractivity contribution in [1.29, 1.82) is 0 Å². The Kier molecular flexibility index (Phi) is 3.41. The van der Waals surface area contributed by atoms with Crippen molar-refractivity contribution in [2.45, 2.75) is 26.3 Å². The lowest BCUT2D eigenvalue weighted by Crippen LogP contribution is -1.91. The molecule has 2 heterocycles. The third-order valence-electron chi connectivity index (χ3n) is 2.52. The van der Waals surface area contributed by atoms with Gasteiger partial charge in [-0.2, -0.15) is 5.10 Å². The van der Waals surface area contributed by atoms with Crippen LogP contribution in [0.2, 0.25) is 0 Å². The maximum atomic E-state index is 5.63. The molecule has 2 N–H and O–H groups in total. The first-order valence-electron chi connectivity index (χ1n) is 5.56. The van der Waals surface area contributed by atoms with Gasteiger partial charge < -0.3 is 5.73 Å². The molecule has 0 saturated heterocycles. The SMILES string of the molecule is CCCc1nn(C)cc1-c1ccc(CN)s1. The molecule has 2 aromatic heterocycles. The van der Waals surface area contributed by atoms with Crippen molar-refractivity contribution >= 4 is 11.3 Å². The van der Waals surface area contributed by atoms with Gasteiger partial charge in [-0.3, -0.25) is 4.68 Å². The van der Waals surface area contributed by atoms with Gasteiger partial charge >= 0.3 is 0 Å². The first-order chi connectivity index (χ1) is 7.74. The summed E-state index contributed by atoms with van der Waals surface area (Å²) in [5.74, 6) is 0. The summed E-state index contributed by atoms with van der Waals surface area (Å²) in [6, 6.07) is 4.24. The van der Waals surface area contributed by atoms with Gasteiger partial charge in [-0.1, -0.05) is 13.3 Å². The molecule has 2 rings (SSSR count). The summed E-state index contributed by atoms with van der Waals surface area (Å²) in [5.41, 5.74) is 8.08. The zero-order valence-electron chi connectivity index (χ0n) is 9.73.